The first kappa shape index (κ1) is 21.0. The van der Waals surface area contributed by atoms with E-state index in [1.165, 1.54) is 26.1 Å². The zero-order chi connectivity index (χ0) is 22.1. The number of rotatable bonds is 4. The molecule has 1 heterocycles. The molecule has 3 aromatic rings. The molecule has 0 saturated carbocycles. The molecule has 0 aliphatic rings. The van der Waals surface area contributed by atoms with Crippen LogP contribution in [0.5, 0.6) is 11.5 Å². The third kappa shape index (κ3) is 4.65. The van der Waals surface area contributed by atoms with Crippen LogP contribution in [-0.4, -0.2) is 16.1 Å². The number of ether oxygens (including phenoxy) is 1. The van der Waals surface area contributed by atoms with Gasteiger partial charge in [0.2, 0.25) is 0 Å². The summed E-state index contributed by atoms with van der Waals surface area (Å²) in [5.74, 6) is -1.65. The average molecular weight is 421 g/mol. The van der Waals surface area contributed by atoms with Crippen LogP contribution in [0.3, 0.4) is 0 Å². The fourth-order valence-corrected chi connectivity index (χ4v) is 2.74. The number of halogens is 4. The van der Waals surface area contributed by atoms with E-state index in [0.29, 0.717) is 11.6 Å². The zero-order valence-electron chi connectivity index (χ0n) is 15.7. The van der Waals surface area contributed by atoms with Crippen LogP contribution in [0, 0.1) is 19.7 Å². The van der Waals surface area contributed by atoms with Crippen molar-refractivity contribution in [3.8, 4) is 11.5 Å². The number of benzene rings is 2. The molecule has 0 spiro atoms. The Balaban J connectivity index is 2.07. The number of nitrogens with one attached hydrogen (secondary N) is 2. The van der Waals surface area contributed by atoms with Crippen LogP contribution in [0.25, 0.3) is 0 Å². The molecule has 10 heteroatoms. The van der Waals surface area contributed by atoms with Crippen LogP contribution in [0.4, 0.5) is 23.2 Å². The molecule has 0 unspecified atom stereocenters. The predicted octanol–water partition coefficient (Wildman–Crippen LogP) is 4.59. The predicted molar refractivity (Wildman–Crippen MR) is 100 cm³/mol. The molecule has 0 fully saturated rings. The van der Waals surface area contributed by atoms with Gasteiger partial charge in [0.15, 0.2) is 0 Å². The number of carbonyl (C=O) groups excluding carboxylic acids is 1. The summed E-state index contributed by atoms with van der Waals surface area (Å²) in [5, 5.41) is 8.06. The first-order chi connectivity index (χ1) is 14.0. The number of aromatic amines is 1. The minimum Gasteiger partial charge on any atom is -0.456 e. The van der Waals surface area contributed by atoms with E-state index in [1.54, 1.807) is 0 Å². The number of H-pyrrole nitrogens is 1. The Morgan fingerprint density at radius 3 is 2.43 bits per heavy atom. The van der Waals surface area contributed by atoms with Crippen molar-refractivity contribution in [2.24, 2.45) is 0 Å². The third-order valence-corrected chi connectivity index (χ3v) is 4.16. The number of aromatic nitrogens is 2. The molecule has 0 atom stereocenters. The summed E-state index contributed by atoms with van der Waals surface area (Å²) < 4.78 is 59.0. The molecule has 1 aromatic heterocycles. The highest BCUT2D eigenvalue weighted by Crippen LogP contribution is 2.38. The molecule has 0 radical (unpaired) electrons. The molecule has 1 amide bonds. The van der Waals surface area contributed by atoms with Crippen LogP contribution in [0.2, 0.25) is 0 Å². The lowest BCUT2D eigenvalue weighted by molar-refractivity contribution is -0.138. The normalized spacial score (nSPS) is 11.3. The summed E-state index contributed by atoms with van der Waals surface area (Å²) in [4.78, 5) is 24.1. The van der Waals surface area contributed by atoms with Gasteiger partial charge < -0.3 is 10.1 Å². The van der Waals surface area contributed by atoms with Gasteiger partial charge in [0.1, 0.15) is 17.3 Å². The molecular formula is C20H15F4N3O3. The molecule has 2 N–H and O–H groups in total. The zero-order valence-corrected chi connectivity index (χ0v) is 15.7. The van der Waals surface area contributed by atoms with Crippen LogP contribution in [0.15, 0.2) is 47.4 Å². The summed E-state index contributed by atoms with van der Waals surface area (Å²) in [6.45, 7) is 2.72. The monoisotopic (exact) mass is 421 g/mol. The molecule has 30 heavy (non-hydrogen) atoms. The van der Waals surface area contributed by atoms with Crippen molar-refractivity contribution >= 4 is 11.6 Å². The van der Waals surface area contributed by atoms with Crippen molar-refractivity contribution in [1.82, 2.24) is 10.2 Å². The Hall–Kier alpha value is -3.69. The van der Waals surface area contributed by atoms with E-state index in [4.69, 9.17) is 4.74 Å². The van der Waals surface area contributed by atoms with Crippen molar-refractivity contribution in [2.45, 2.75) is 20.0 Å². The Morgan fingerprint density at radius 1 is 1.07 bits per heavy atom. The van der Waals surface area contributed by atoms with Gasteiger partial charge in [-0.1, -0.05) is 0 Å². The Bertz CT molecular complexity index is 1170. The van der Waals surface area contributed by atoms with E-state index in [1.807, 2.05) is 0 Å². The van der Waals surface area contributed by atoms with Crippen LogP contribution >= 0.6 is 0 Å². The summed E-state index contributed by atoms with van der Waals surface area (Å²) in [7, 11) is 0. The number of amides is 1. The van der Waals surface area contributed by atoms with Gasteiger partial charge in [-0.3, -0.25) is 9.59 Å². The lowest BCUT2D eigenvalue weighted by Crippen LogP contribution is -2.17. The Labute approximate surface area is 167 Å². The lowest BCUT2D eigenvalue weighted by Gasteiger charge is -2.17. The van der Waals surface area contributed by atoms with E-state index < -0.39 is 29.0 Å². The fourth-order valence-electron chi connectivity index (χ4n) is 2.74. The SMILES string of the molecule is Cc1cc(F)ccc1Oc1cc(C(F)(F)F)c(C)cc1C(=O)Nc1cn[nH]c(=O)c1. The second kappa shape index (κ2) is 7.97. The quantitative estimate of drug-likeness (QED) is 0.604. The second-order valence-corrected chi connectivity index (χ2v) is 6.46. The number of anilines is 1. The van der Waals surface area contributed by atoms with E-state index >= 15 is 0 Å². The molecule has 0 bridgehead atoms. The Morgan fingerprint density at radius 2 is 1.80 bits per heavy atom. The maximum atomic E-state index is 13.4. The standard InChI is InChI=1S/C20H15F4N3O3/c1-10-6-14(19(29)26-13-7-18(28)27-25-9-13)17(8-15(10)20(22,23)24)30-16-4-3-12(21)5-11(16)2/h3-9H,1-2H3,(H2,26,27,28,29). The molecular weight excluding hydrogens is 406 g/mol. The van der Waals surface area contributed by atoms with E-state index in [2.05, 4.69) is 15.5 Å². The topological polar surface area (TPSA) is 84.1 Å². The minimum atomic E-state index is -4.67. The van der Waals surface area contributed by atoms with Gasteiger partial charge >= 0.3 is 6.18 Å². The smallest absolute Gasteiger partial charge is 0.416 e. The maximum absolute atomic E-state index is 13.4. The molecule has 3 rings (SSSR count). The first-order valence-electron chi connectivity index (χ1n) is 8.56. The highest BCUT2D eigenvalue weighted by Gasteiger charge is 2.34. The molecule has 0 aliphatic carbocycles. The summed E-state index contributed by atoms with van der Waals surface area (Å²) >= 11 is 0. The van der Waals surface area contributed by atoms with Gasteiger partial charge in [-0.2, -0.15) is 18.3 Å². The molecule has 0 saturated heterocycles. The van der Waals surface area contributed by atoms with Crippen molar-refractivity contribution in [1.29, 1.82) is 0 Å². The van der Waals surface area contributed by atoms with Gasteiger partial charge in [0, 0.05) is 6.07 Å². The van der Waals surface area contributed by atoms with E-state index in [9.17, 15) is 27.2 Å². The maximum Gasteiger partial charge on any atom is 0.416 e. The number of hydrogen-bond donors (Lipinski definition) is 2. The largest absolute Gasteiger partial charge is 0.456 e. The Kier molecular flexibility index (Phi) is 5.59. The number of carbonyl (C=O) groups is 1. The van der Waals surface area contributed by atoms with Gasteiger partial charge in [-0.25, -0.2) is 9.49 Å². The van der Waals surface area contributed by atoms with Gasteiger partial charge in [0.05, 0.1) is 23.0 Å². The highest BCUT2D eigenvalue weighted by molar-refractivity contribution is 6.06. The highest BCUT2D eigenvalue weighted by atomic mass is 19.4. The van der Waals surface area contributed by atoms with E-state index in [-0.39, 0.29) is 28.3 Å². The third-order valence-electron chi connectivity index (χ3n) is 4.16. The fraction of sp³-hybridized carbons (Fsp3) is 0.150. The van der Waals surface area contributed by atoms with Crippen molar-refractivity contribution in [3.05, 3.63) is 81.0 Å². The molecule has 2 aromatic carbocycles. The molecule has 0 aliphatic heterocycles. The van der Waals surface area contributed by atoms with E-state index in [0.717, 1.165) is 24.3 Å². The van der Waals surface area contributed by atoms with Crippen LogP contribution in [0.1, 0.15) is 27.0 Å². The van der Waals surface area contributed by atoms with Gasteiger partial charge in [-0.15, -0.1) is 0 Å². The average Bonchev–Trinajstić information content (AvgIpc) is 2.64. The molecule has 6 nitrogen and oxygen atoms in total. The first-order valence-corrected chi connectivity index (χ1v) is 8.56. The second-order valence-electron chi connectivity index (χ2n) is 6.46. The van der Waals surface area contributed by atoms with Crippen molar-refractivity contribution in [3.63, 3.8) is 0 Å². The van der Waals surface area contributed by atoms with Crippen LogP contribution < -0.4 is 15.6 Å². The number of hydrogen-bond acceptors (Lipinski definition) is 4. The summed E-state index contributed by atoms with van der Waals surface area (Å²) in [5.41, 5.74) is -1.58. The minimum absolute atomic E-state index is 0.0465. The van der Waals surface area contributed by atoms with Gasteiger partial charge in [-0.05, 0) is 55.3 Å². The summed E-state index contributed by atoms with van der Waals surface area (Å²) in [6, 6.07) is 6.29. The van der Waals surface area contributed by atoms with Gasteiger partial charge in [0.25, 0.3) is 11.5 Å². The summed E-state index contributed by atoms with van der Waals surface area (Å²) in [6.07, 6.45) is -3.51. The number of alkyl halides is 3. The van der Waals surface area contributed by atoms with Crippen molar-refractivity contribution < 1.29 is 27.1 Å². The lowest BCUT2D eigenvalue weighted by atomic mass is 10.0. The molecule has 156 valence electrons. The number of nitrogens with zero attached hydrogens (tertiary/aromatic N) is 1. The van der Waals surface area contributed by atoms with Crippen molar-refractivity contribution in [2.75, 3.05) is 5.32 Å². The number of aryl methyl sites for hydroxylation is 2. The van der Waals surface area contributed by atoms with Crippen LogP contribution in [-0.2, 0) is 6.18 Å².